The van der Waals surface area contributed by atoms with Gasteiger partial charge < -0.3 is 10.4 Å². The Kier molecular flexibility index (Phi) is 6.08. The van der Waals surface area contributed by atoms with Crippen molar-refractivity contribution in [1.82, 2.24) is 5.32 Å². The number of aryl methyl sites for hydroxylation is 1. The number of aliphatic hydroxyl groups excluding tert-OH is 1. The molecule has 0 aromatic heterocycles. The Morgan fingerprint density at radius 3 is 2.82 bits per heavy atom. The van der Waals surface area contributed by atoms with Crippen LogP contribution in [0.4, 0.5) is 0 Å². The summed E-state index contributed by atoms with van der Waals surface area (Å²) in [5.74, 6) is -0.0533. The van der Waals surface area contributed by atoms with Crippen molar-refractivity contribution in [1.29, 1.82) is 0 Å². The van der Waals surface area contributed by atoms with Crippen LogP contribution < -0.4 is 5.32 Å². The number of carbonyl (C=O) groups is 1. The fourth-order valence-electron chi connectivity index (χ4n) is 1.57. The first-order valence-corrected chi connectivity index (χ1v) is 6.28. The van der Waals surface area contributed by atoms with Crippen molar-refractivity contribution in [2.45, 2.75) is 31.1 Å². The summed E-state index contributed by atoms with van der Waals surface area (Å²) >= 11 is 4.23. The van der Waals surface area contributed by atoms with Gasteiger partial charge in [0.25, 0.3) is 5.91 Å². The first-order chi connectivity index (χ1) is 8.15. The van der Waals surface area contributed by atoms with Gasteiger partial charge in [0.1, 0.15) is 0 Å². The largest absolute Gasteiger partial charge is 0.396 e. The van der Waals surface area contributed by atoms with E-state index in [1.54, 1.807) is 6.07 Å². The summed E-state index contributed by atoms with van der Waals surface area (Å²) in [6.07, 6.45) is 2.62. The minimum Gasteiger partial charge on any atom is -0.396 e. The van der Waals surface area contributed by atoms with Crippen molar-refractivity contribution in [2.75, 3.05) is 13.2 Å². The third-order valence-corrected chi connectivity index (χ3v) is 2.86. The molecule has 0 radical (unpaired) electrons. The van der Waals surface area contributed by atoms with Crippen molar-refractivity contribution >= 4 is 18.5 Å². The number of aliphatic hydroxyl groups is 1. The second-order valence-electron chi connectivity index (χ2n) is 4.04. The van der Waals surface area contributed by atoms with E-state index in [-0.39, 0.29) is 12.5 Å². The predicted octanol–water partition coefficient (Wildman–Crippen LogP) is 2.18. The van der Waals surface area contributed by atoms with Crippen LogP contribution in [0.25, 0.3) is 0 Å². The van der Waals surface area contributed by atoms with Crippen molar-refractivity contribution in [3.63, 3.8) is 0 Å². The van der Waals surface area contributed by atoms with Crippen LogP contribution in [0.1, 0.15) is 35.2 Å². The molecule has 1 aromatic carbocycles. The molecule has 2 N–H and O–H groups in total. The van der Waals surface area contributed by atoms with Gasteiger partial charge in [0.05, 0.1) is 0 Å². The first kappa shape index (κ1) is 14.1. The third kappa shape index (κ3) is 4.79. The summed E-state index contributed by atoms with van der Waals surface area (Å²) < 4.78 is 0. The van der Waals surface area contributed by atoms with Gasteiger partial charge >= 0.3 is 0 Å². The van der Waals surface area contributed by atoms with Gasteiger partial charge in [-0.05, 0) is 43.9 Å². The van der Waals surface area contributed by atoms with E-state index >= 15 is 0 Å². The van der Waals surface area contributed by atoms with Gasteiger partial charge in [-0.3, -0.25) is 4.79 Å². The normalized spacial score (nSPS) is 10.3. The summed E-state index contributed by atoms with van der Waals surface area (Å²) in [4.78, 5) is 12.6. The van der Waals surface area contributed by atoms with Gasteiger partial charge in [-0.1, -0.05) is 6.07 Å². The van der Waals surface area contributed by atoms with Gasteiger partial charge in [-0.25, -0.2) is 0 Å². The van der Waals surface area contributed by atoms with Crippen LogP contribution >= 0.6 is 12.6 Å². The molecule has 0 aliphatic carbocycles. The van der Waals surface area contributed by atoms with Crippen LogP contribution in [0.3, 0.4) is 0 Å². The van der Waals surface area contributed by atoms with Crippen LogP contribution in [0.15, 0.2) is 23.1 Å². The topological polar surface area (TPSA) is 49.3 Å². The van der Waals surface area contributed by atoms with Crippen LogP contribution in [0.2, 0.25) is 0 Å². The highest BCUT2D eigenvalue weighted by atomic mass is 32.1. The SMILES string of the molecule is Cc1ccc(S)cc1C(=O)NCCCCCO. The van der Waals surface area contributed by atoms with Crippen LogP contribution in [0.5, 0.6) is 0 Å². The lowest BCUT2D eigenvalue weighted by Crippen LogP contribution is -2.25. The molecule has 0 bridgehead atoms. The summed E-state index contributed by atoms with van der Waals surface area (Å²) in [7, 11) is 0. The highest BCUT2D eigenvalue weighted by Crippen LogP contribution is 2.13. The fraction of sp³-hybridized carbons (Fsp3) is 0.462. The fourth-order valence-corrected chi connectivity index (χ4v) is 1.77. The Morgan fingerprint density at radius 2 is 2.12 bits per heavy atom. The summed E-state index contributed by atoms with van der Waals surface area (Å²) in [6, 6.07) is 5.54. The minimum atomic E-state index is -0.0533. The maximum absolute atomic E-state index is 11.9. The van der Waals surface area contributed by atoms with Crippen molar-refractivity contribution in [3.05, 3.63) is 29.3 Å². The van der Waals surface area contributed by atoms with E-state index < -0.39 is 0 Å². The molecule has 1 aromatic rings. The Hall–Kier alpha value is -1.00. The summed E-state index contributed by atoms with van der Waals surface area (Å²) in [5.41, 5.74) is 1.63. The zero-order valence-corrected chi connectivity index (χ0v) is 11.0. The van der Waals surface area contributed by atoms with Gasteiger partial charge in [0.2, 0.25) is 0 Å². The van der Waals surface area contributed by atoms with Crippen molar-refractivity contribution in [3.8, 4) is 0 Å². The number of nitrogens with one attached hydrogen (secondary N) is 1. The van der Waals surface area contributed by atoms with Gasteiger partial charge in [-0.2, -0.15) is 0 Å². The number of thiol groups is 1. The van der Waals surface area contributed by atoms with Gasteiger partial charge in [0, 0.05) is 23.6 Å². The quantitative estimate of drug-likeness (QED) is 0.537. The molecule has 1 rings (SSSR count). The maximum Gasteiger partial charge on any atom is 0.251 e. The Labute approximate surface area is 108 Å². The number of rotatable bonds is 6. The molecule has 0 aliphatic rings. The van der Waals surface area contributed by atoms with Crippen molar-refractivity contribution < 1.29 is 9.90 Å². The van der Waals surface area contributed by atoms with Crippen LogP contribution in [-0.2, 0) is 0 Å². The second kappa shape index (κ2) is 7.35. The van der Waals surface area contributed by atoms with E-state index in [1.165, 1.54) is 0 Å². The molecular formula is C13H19NO2S. The molecule has 0 heterocycles. The predicted molar refractivity (Wildman–Crippen MR) is 71.7 cm³/mol. The first-order valence-electron chi connectivity index (χ1n) is 5.84. The van der Waals surface area contributed by atoms with E-state index in [9.17, 15) is 4.79 Å². The lowest BCUT2D eigenvalue weighted by Gasteiger charge is -2.08. The molecule has 0 unspecified atom stereocenters. The van der Waals surface area contributed by atoms with Crippen LogP contribution in [-0.4, -0.2) is 24.2 Å². The van der Waals surface area contributed by atoms with E-state index in [2.05, 4.69) is 17.9 Å². The Morgan fingerprint density at radius 1 is 1.35 bits per heavy atom. The van der Waals surface area contributed by atoms with E-state index in [1.807, 2.05) is 19.1 Å². The van der Waals surface area contributed by atoms with Gasteiger partial charge in [0.15, 0.2) is 0 Å². The summed E-state index contributed by atoms with van der Waals surface area (Å²) in [5, 5.41) is 11.5. The Bertz CT molecular complexity index is 380. The molecule has 17 heavy (non-hydrogen) atoms. The standard InChI is InChI=1S/C13H19NO2S/c1-10-5-6-11(17)9-12(10)13(16)14-7-3-2-4-8-15/h5-6,9,15,17H,2-4,7-8H2,1H3,(H,14,16). The number of amides is 1. The zero-order chi connectivity index (χ0) is 12.7. The molecule has 0 saturated carbocycles. The van der Waals surface area contributed by atoms with E-state index in [0.29, 0.717) is 12.1 Å². The second-order valence-corrected chi connectivity index (χ2v) is 4.56. The van der Waals surface area contributed by atoms with Crippen LogP contribution in [0, 0.1) is 6.92 Å². The number of carbonyl (C=O) groups excluding carboxylic acids is 1. The molecule has 0 saturated heterocycles. The van der Waals surface area contributed by atoms with E-state index in [4.69, 9.17) is 5.11 Å². The lowest BCUT2D eigenvalue weighted by atomic mass is 10.1. The molecular weight excluding hydrogens is 234 g/mol. The molecule has 1 amide bonds. The third-order valence-electron chi connectivity index (χ3n) is 2.59. The van der Waals surface area contributed by atoms with Gasteiger partial charge in [-0.15, -0.1) is 12.6 Å². The highest BCUT2D eigenvalue weighted by molar-refractivity contribution is 7.80. The molecule has 0 atom stereocenters. The number of benzene rings is 1. The number of hydrogen-bond donors (Lipinski definition) is 3. The molecule has 94 valence electrons. The molecule has 0 fully saturated rings. The number of hydrogen-bond acceptors (Lipinski definition) is 3. The molecule has 0 spiro atoms. The lowest BCUT2D eigenvalue weighted by molar-refractivity contribution is 0.0952. The highest BCUT2D eigenvalue weighted by Gasteiger charge is 2.08. The summed E-state index contributed by atoms with van der Waals surface area (Å²) in [6.45, 7) is 2.78. The van der Waals surface area contributed by atoms with Crippen molar-refractivity contribution in [2.24, 2.45) is 0 Å². The average Bonchev–Trinajstić information content (AvgIpc) is 2.32. The molecule has 0 aliphatic heterocycles. The molecule has 3 nitrogen and oxygen atoms in total. The monoisotopic (exact) mass is 253 g/mol. The zero-order valence-electron chi connectivity index (χ0n) is 10.1. The number of unbranched alkanes of at least 4 members (excludes halogenated alkanes) is 2. The Balaban J connectivity index is 2.44. The maximum atomic E-state index is 11.9. The molecule has 4 heteroatoms. The average molecular weight is 253 g/mol. The smallest absolute Gasteiger partial charge is 0.251 e. The van der Waals surface area contributed by atoms with E-state index in [0.717, 1.165) is 29.7 Å². The minimum absolute atomic E-state index is 0.0533.